The van der Waals surface area contributed by atoms with Crippen LogP contribution >= 0.6 is 0 Å². The molecule has 0 heterocycles. The molecule has 1 unspecified atom stereocenters. The SMILES string of the molecule is Cc1cc(OCCCS(C)=O)c(F)c(C)c1-c1cccc(C=O)c1. The number of ether oxygens (including phenoxy) is 1. The number of hydrogen-bond donors (Lipinski definition) is 0. The highest BCUT2D eigenvalue weighted by molar-refractivity contribution is 7.84. The van der Waals surface area contributed by atoms with Crippen molar-refractivity contribution in [3.05, 3.63) is 52.8 Å². The van der Waals surface area contributed by atoms with Crippen molar-refractivity contribution in [3.63, 3.8) is 0 Å². The molecule has 3 nitrogen and oxygen atoms in total. The zero-order valence-electron chi connectivity index (χ0n) is 14.1. The Morgan fingerprint density at radius 2 is 2.00 bits per heavy atom. The summed E-state index contributed by atoms with van der Waals surface area (Å²) in [6.07, 6.45) is 3.03. The molecule has 0 aliphatic carbocycles. The van der Waals surface area contributed by atoms with E-state index >= 15 is 0 Å². The van der Waals surface area contributed by atoms with Gasteiger partial charge in [-0.2, -0.15) is 0 Å². The molecule has 0 aromatic heterocycles. The standard InChI is InChI=1S/C19H21FO3S/c1-13-10-17(23-8-5-9-24(3)22)19(20)14(2)18(13)16-7-4-6-15(11-16)12-21/h4,6-7,10-12H,5,8-9H2,1-3H3. The maximum Gasteiger partial charge on any atom is 0.168 e. The van der Waals surface area contributed by atoms with Crippen molar-refractivity contribution in [2.75, 3.05) is 18.6 Å². The molecule has 0 amide bonds. The van der Waals surface area contributed by atoms with E-state index in [1.165, 1.54) is 0 Å². The molecule has 128 valence electrons. The number of benzene rings is 2. The minimum atomic E-state index is -0.872. The Bertz CT molecular complexity index is 771. The Kier molecular flexibility index (Phi) is 6.26. The summed E-state index contributed by atoms with van der Waals surface area (Å²) in [5.41, 5.74) is 3.51. The van der Waals surface area contributed by atoms with Crippen LogP contribution in [-0.2, 0) is 10.8 Å². The van der Waals surface area contributed by atoms with Crippen LogP contribution in [0, 0.1) is 19.7 Å². The average molecular weight is 348 g/mol. The molecule has 0 fully saturated rings. The summed E-state index contributed by atoms with van der Waals surface area (Å²) >= 11 is 0. The fourth-order valence-corrected chi connectivity index (χ4v) is 3.21. The van der Waals surface area contributed by atoms with E-state index in [-0.39, 0.29) is 5.75 Å². The molecule has 5 heteroatoms. The normalized spacial score (nSPS) is 12.0. The lowest BCUT2D eigenvalue weighted by atomic mass is 9.94. The van der Waals surface area contributed by atoms with Gasteiger partial charge < -0.3 is 4.74 Å². The van der Waals surface area contributed by atoms with E-state index < -0.39 is 16.6 Å². The van der Waals surface area contributed by atoms with Crippen molar-refractivity contribution < 1.29 is 18.1 Å². The van der Waals surface area contributed by atoms with Crippen molar-refractivity contribution in [3.8, 4) is 16.9 Å². The fraction of sp³-hybridized carbons (Fsp3) is 0.316. The van der Waals surface area contributed by atoms with E-state index in [0.29, 0.717) is 29.9 Å². The molecule has 2 aromatic rings. The van der Waals surface area contributed by atoms with Crippen molar-refractivity contribution in [1.29, 1.82) is 0 Å². The lowest BCUT2D eigenvalue weighted by Crippen LogP contribution is -2.06. The van der Waals surface area contributed by atoms with Gasteiger partial charge in [-0.1, -0.05) is 18.2 Å². The topological polar surface area (TPSA) is 43.4 Å². The molecular weight excluding hydrogens is 327 g/mol. The Morgan fingerprint density at radius 1 is 1.25 bits per heavy atom. The van der Waals surface area contributed by atoms with Gasteiger partial charge >= 0.3 is 0 Å². The predicted molar refractivity (Wildman–Crippen MR) is 95.7 cm³/mol. The molecule has 0 aliphatic rings. The van der Waals surface area contributed by atoms with Gasteiger partial charge in [-0.15, -0.1) is 0 Å². The molecule has 1 atom stereocenters. The van der Waals surface area contributed by atoms with Crippen LogP contribution in [0.25, 0.3) is 11.1 Å². The zero-order chi connectivity index (χ0) is 17.7. The van der Waals surface area contributed by atoms with Gasteiger partial charge in [0.05, 0.1) is 6.61 Å². The largest absolute Gasteiger partial charge is 0.490 e. The third-order valence-corrected chi connectivity index (χ3v) is 4.67. The second kappa shape index (κ2) is 8.20. The minimum absolute atomic E-state index is 0.210. The third-order valence-electron chi connectivity index (χ3n) is 3.81. The molecular formula is C19H21FO3S. The molecule has 0 N–H and O–H groups in total. The highest BCUT2D eigenvalue weighted by Gasteiger charge is 2.16. The highest BCUT2D eigenvalue weighted by atomic mass is 32.2. The van der Waals surface area contributed by atoms with Gasteiger partial charge in [0.15, 0.2) is 11.6 Å². The third kappa shape index (κ3) is 4.29. The van der Waals surface area contributed by atoms with Crippen LogP contribution in [0.2, 0.25) is 0 Å². The highest BCUT2D eigenvalue weighted by Crippen LogP contribution is 2.34. The number of carbonyl (C=O) groups is 1. The lowest BCUT2D eigenvalue weighted by molar-refractivity contribution is 0.112. The zero-order valence-corrected chi connectivity index (χ0v) is 14.9. The number of halogens is 1. The first kappa shape index (κ1) is 18.3. The number of rotatable bonds is 7. The quantitative estimate of drug-likeness (QED) is 0.560. The van der Waals surface area contributed by atoms with Gasteiger partial charge in [-0.05, 0) is 54.7 Å². The summed E-state index contributed by atoms with van der Waals surface area (Å²) in [5, 5.41) is 0. The van der Waals surface area contributed by atoms with Crippen molar-refractivity contribution >= 4 is 17.1 Å². The summed E-state index contributed by atoms with van der Waals surface area (Å²) in [6, 6.07) is 8.78. The first-order chi connectivity index (χ1) is 11.4. The van der Waals surface area contributed by atoms with Gasteiger partial charge in [0.2, 0.25) is 0 Å². The molecule has 0 bridgehead atoms. The molecule has 0 saturated carbocycles. The van der Waals surface area contributed by atoms with Crippen LogP contribution in [0.15, 0.2) is 30.3 Å². The van der Waals surface area contributed by atoms with Gasteiger partial charge in [0, 0.05) is 28.4 Å². The Hall–Kier alpha value is -2.01. The van der Waals surface area contributed by atoms with Crippen molar-refractivity contribution in [1.82, 2.24) is 0 Å². The monoisotopic (exact) mass is 348 g/mol. The molecule has 24 heavy (non-hydrogen) atoms. The molecule has 0 saturated heterocycles. The van der Waals surface area contributed by atoms with Crippen LogP contribution in [-0.4, -0.2) is 29.1 Å². The summed E-state index contributed by atoms with van der Waals surface area (Å²) < 4.78 is 31.2. The second-order valence-corrected chi connectivity index (χ2v) is 7.28. The van der Waals surface area contributed by atoms with Gasteiger partial charge in [-0.3, -0.25) is 9.00 Å². The Labute approximate surface area is 144 Å². The number of aryl methyl sites for hydroxylation is 1. The average Bonchev–Trinajstić information content (AvgIpc) is 2.56. The molecule has 0 radical (unpaired) electrons. The van der Waals surface area contributed by atoms with Crippen LogP contribution < -0.4 is 4.74 Å². The van der Waals surface area contributed by atoms with Gasteiger partial charge in [-0.25, -0.2) is 4.39 Å². The number of hydrogen-bond acceptors (Lipinski definition) is 3. The van der Waals surface area contributed by atoms with Gasteiger partial charge in [0.1, 0.15) is 6.29 Å². The first-order valence-corrected chi connectivity index (χ1v) is 9.45. The van der Waals surface area contributed by atoms with Crippen LogP contribution in [0.3, 0.4) is 0 Å². The molecule has 0 aliphatic heterocycles. The number of carbonyl (C=O) groups excluding carboxylic acids is 1. The maximum atomic E-state index is 14.6. The summed E-state index contributed by atoms with van der Waals surface area (Å²) in [7, 11) is -0.872. The van der Waals surface area contributed by atoms with E-state index in [1.54, 1.807) is 37.4 Å². The minimum Gasteiger partial charge on any atom is -0.490 e. The molecule has 2 rings (SSSR count). The summed E-state index contributed by atoms with van der Waals surface area (Å²) in [6.45, 7) is 3.93. The first-order valence-electron chi connectivity index (χ1n) is 7.72. The van der Waals surface area contributed by atoms with Crippen LogP contribution in [0.4, 0.5) is 4.39 Å². The van der Waals surface area contributed by atoms with Crippen LogP contribution in [0.5, 0.6) is 5.75 Å². The maximum absolute atomic E-state index is 14.6. The molecule has 0 spiro atoms. The van der Waals surface area contributed by atoms with Crippen LogP contribution in [0.1, 0.15) is 27.9 Å². The number of aldehydes is 1. The van der Waals surface area contributed by atoms with E-state index in [1.807, 2.05) is 13.0 Å². The van der Waals surface area contributed by atoms with Gasteiger partial charge in [0.25, 0.3) is 0 Å². The Morgan fingerprint density at radius 3 is 2.67 bits per heavy atom. The van der Waals surface area contributed by atoms with E-state index in [0.717, 1.165) is 23.0 Å². The summed E-state index contributed by atoms with van der Waals surface area (Å²) in [4.78, 5) is 11.0. The lowest BCUT2D eigenvalue weighted by Gasteiger charge is -2.15. The van der Waals surface area contributed by atoms with E-state index in [4.69, 9.17) is 4.74 Å². The smallest absolute Gasteiger partial charge is 0.168 e. The van der Waals surface area contributed by atoms with E-state index in [9.17, 15) is 13.4 Å². The molecule has 2 aromatic carbocycles. The Balaban J connectivity index is 2.30. The summed E-state index contributed by atoms with van der Waals surface area (Å²) in [5.74, 6) is 0.350. The fourth-order valence-electron chi connectivity index (χ4n) is 2.68. The van der Waals surface area contributed by atoms with Crippen molar-refractivity contribution in [2.24, 2.45) is 0 Å². The van der Waals surface area contributed by atoms with E-state index in [2.05, 4.69) is 0 Å². The van der Waals surface area contributed by atoms with Crippen molar-refractivity contribution in [2.45, 2.75) is 20.3 Å². The predicted octanol–water partition coefficient (Wildman–Crippen LogP) is 4.07. The second-order valence-electron chi connectivity index (χ2n) is 5.73.